The molecule has 4 aliphatic rings. The largest absolute Gasteiger partial charge is 0.496 e. The summed E-state index contributed by atoms with van der Waals surface area (Å²) in [6.07, 6.45) is -9.07. The molecule has 28 heteroatoms. The predicted octanol–water partition coefficient (Wildman–Crippen LogP) is 5.18. The monoisotopic (exact) mass is 1280 g/mol. The molecule has 8 N–H and O–H groups in total. The van der Waals surface area contributed by atoms with E-state index in [1.165, 1.54) is 28.2 Å². The standard InChI is InChI=1S/C62H99N5O23/c1-33(18-20-38-46(78-16)35(3)39-30-82-52(71)43(39)47(38)84-32-80-25-24-77-15)26-36(51(70)79-17)27-34(2)22-23-81-56(73)66-41-28-42(67-58(75)90-61(10,11)12)48(44(68)49(41)87-54-45(69)50(63-14)62(13,76)31-83-54)86-53-40(65-57(74)89-60(7,8)9)21-19-37(85-53)29-64-55(72)88-59(4,5)6/h18,22,36-37,40-42,44-45,48-50,53-54,63,68-69,76H,19-21,23-32H2,1-17H3,(H,64,72)(H,65,74)(H,66,73)(H,67,75)/b33-18+,34-22+/t36?,37?,40?,41-,42?,44+,45?,48-,49?,50?,53-,54-,62+/m1/s1. The number of nitrogens with one attached hydrogen (secondary N) is 5. The molecule has 4 amide bonds. The van der Waals surface area contributed by atoms with Gasteiger partial charge in [-0.15, -0.1) is 0 Å². The smallest absolute Gasteiger partial charge is 0.408 e. The number of carbonyl (C=O) groups excluding carboxylic acids is 6. The van der Waals surface area contributed by atoms with Crippen molar-refractivity contribution in [3.05, 3.63) is 45.6 Å². The van der Waals surface area contributed by atoms with E-state index in [-0.39, 0.29) is 77.6 Å². The molecule has 0 bridgehead atoms. The summed E-state index contributed by atoms with van der Waals surface area (Å²) in [6, 6.07) is -4.44. The summed E-state index contributed by atoms with van der Waals surface area (Å²) in [5, 5.41) is 49.4. The Labute approximate surface area is 527 Å². The van der Waals surface area contributed by atoms with Crippen molar-refractivity contribution in [1.29, 1.82) is 0 Å². The summed E-state index contributed by atoms with van der Waals surface area (Å²) in [6.45, 7) is 21.9. The maximum atomic E-state index is 14.0. The Morgan fingerprint density at radius 2 is 1.33 bits per heavy atom. The highest BCUT2D eigenvalue weighted by Crippen LogP contribution is 2.43. The molecule has 1 saturated carbocycles. The van der Waals surface area contributed by atoms with E-state index in [1.807, 2.05) is 19.9 Å². The van der Waals surface area contributed by atoms with Crippen molar-refractivity contribution in [3.63, 3.8) is 0 Å². The second kappa shape index (κ2) is 33.0. The lowest BCUT2D eigenvalue weighted by molar-refractivity contribution is -0.308. The van der Waals surface area contributed by atoms with Gasteiger partial charge in [-0.25, -0.2) is 24.0 Å². The van der Waals surface area contributed by atoms with Gasteiger partial charge in [0.2, 0.25) is 0 Å². The van der Waals surface area contributed by atoms with Crippen LogP contribution in [0, 0.1) is 12.8 Å². The quantitative estimate of drug-likeness (QED) is 0.0195. The molecule has 3 aliphatic heterocycles. The van der Waals surface area contributed by atoms with Crippen LogP contribution < -0.4 is 36.1 Å². The minimum atomic E-state index is -1.84. The Hall–Kier alpha value is -6.08. The van der Waals surface area contributed by atoms with Crippen molar-refractivity contribution < 1.29 is 110 Å². The van der Waals surface area contributed by atoms with Crippen LogP contribution in [0.5, 0.6) is 11.5 Å². The summed E-state index contributed by atoms with van der Waals surface area (Å²) in [5.74, 6) is -0.921. The van der Waals surface area contributed by atoms with Crippen LogP contribution in [0.4, 0.5) is 19.2 Å². The fraction of sp³-hybridized carbons (Fsp3) is 0.742. The van der Waals surface area contributed by atoms with Crippen molar-refractivity contribution >= 4 is 36.3 Å². The van der Waals surface area contributed by atoms with Crippen LogP contribution in [0.3, 0.4) is 0 Å². The molecule has 3 fully saturated rings. The van der Waals surface area contributed by atoms with Gasteiger partial charge in [0, 0.05) is 24.8 Å². The van der Waals surface area contributed by atoms with E-state index < -0.39 is 132 Å². The SMILES string of the molecule is CNC1C(O)[C@@H](OC2[C@@H](O)[C@H](O[C@H]3OC(CNC(=O)OC(C)(C)C)CCC3NC(=O)OC(C)(C)C)C(NC(=O)OC(C)(C)C)C[C@H]2NC(=O)OC/C=C(\C)CC(C/C(C)=C/Cc2c(OC)c(C)c3c(c2OCOCCOC)C(=O)OC3)C(=O)OC)OC[C@]1(C)O. The first kappa shape index (κ1) is 74.6. The molecular weight excluding hydrogens is 1180 g/mol. The Morgan fingerprint density at radius 3 is 1.91 bits per heavy atom. The van der Waals surface area contributed by atoms with Gasteiger partial charge in [0.15, 0.2) is 19.4 Å². The second-order valence-corrected chi connectivity index (χ2v) is 26.2. The zero-order chi connectivity index (χ0) is 67.1. The molecule has 13 atom stereocenters. The van der Waals surface area contributed by atoms with Crippen molar-refractivity contribution in [3.8, 4) is 11.5 Å². The molecule has 510 valence electrons. The first-order valence-corrected chi connectivity index (χ1v) is 30.3. The molecule has 1 aromatic carbocycles. The van der Waals surface area contributed by atoms with Crippen LogP contribution in [0.15, 0.2) is 23.3 Å². The molecule has 28 nitrogen and oxygen atoms in total. The Morgan fingerprint density at radius 1 is 0.756 bits per heavy atom. The molecule has 1 aliphatic carbocycles. The fourth-order valence-electron chi connectivity index (χ4n) is 11.0. The van der Waals surface area contributed by atoms with Crippen LogP contribution in [-0.2, 0) is 74.7 Å². The summed E-state index contributed by atoms with van der Waals surface area (Å²) < 4.78 is 81.0. The Bertz CT molecular complexity index is 2660. The molecule has 90 heavy (non-hydrogen) atoms. The summed E-state index contributed by atoms with van der Waals surface area (Å²) in [5.41, 5.74) is -0.559. The minimum Gasteiger partial charge on any atom is -0.496 e. The van der Waals surface area contributed by atoms with Crippen LogP contribution in [0.2, 0.25) is 0 Å². The number of aliphatic hydroxyl groups excluding tert-OH is 2. The maximum absolute atomic E-state index is 14.0. The van der Waals surface area contributed by atoms with E-state index in [0.717, 1.165) is 11.1 Å². The Balaban J connectivity index is 1.40. The molecular formula is C62H99N5O23. The van der Waals surface area contributed by atoms with E-state index in [4.69, 9.17) is 66.3 Å². The number of hydrogen-bond donors (Lipinski definition) is 8. The van der Waals surface area contributed by atoms with E-state index in [1.54, 1.807) is 82.4 Å². The van der Waals surface area contributed by atoms with Gasteiger partial charge < -0.3 is 108 Å². The van der Waals surface area contributed by atoms with Gasteiger partial charge in [-0.05, 0) is 147 Å². The number of benzene rings is 1. The van der Waals surface area contributed by atoms with Crippen LogP contribution >= 0.6 is 0 Å². The van der Waals surface area contributed by atoms with Crippen molar-refractivity contribution in [1.82, 2.24) is 26.6 Å². The van der Waals surface area contributed by atoms with E-state index in [9.17, 15) is 44.1 Å². The second-order valence-electron chi connectivity index (χ2n) is 26.2. The summed E-state index contributed by atoms with van der Waals surface area (Å²) in [4.78, 5) is 80.2. The van der Waals surface area contributed by atoms with Gasteiger partial charge in [-0.1, -0.05) is 17.2 Å². The van der Waals surface area contributed by atoms with Crippen molar-refractivity contribution in [2.24, 2.45) is 5.92 Å². The first-order valence-electron chi connectivity index (χ1n) is 30.3. The highest BCUT2D eigenvalue weighted by Gasteiger charge is 2.53. The Kier molecular flexibility index (Phi) is 27.3. The van der Waals surface area contributed by atoms with Gasteiger partial charge in [0.05, 0.1) is 70.2 Å². The number of aliphatic hydroxyl groups is 3. The number of esters is 2. The maximum Gasteiger partial charge on any atom is 0.408 e. The van der Waals surface area contributed by atoms with Crippen LogP contribution in [0.1, 0.15) is 142 Å². The number of likely N-dealkylation sites (N-methyl/N-ethyl adjacent to an activating group) is 1. The molecule has 0 spiro atoms. The highest BCUT2D eigenvalue weighted by atomic mass is 16.7. The summed E-state index contributed by atoms with van der Waals surface area (Å²) in [7, 11) is 5.89. The lowest BCUT2D eigenvalue weighted by Crippen LogP contribution is -2.70. The lowest BCUT2D eigenvalue weighted by Gasteiger charge is -2.49. The number of methoxy groups -OCH3 is 3. The van der Waals surface area contributed by atoms with Crippen LogP contribution in [0.25, 0.3) is 0 Å². The highest BCUT2D eigenvalue weighted by molar-refractivity contribution is 5.98. The number of ether oxygens (including phenoxy) is 14. The van der Waals surface area contributed by atoms with Gasteiger partial charge in [-0.2, -0.15) is 0 Å². The molecule has 0 aromatic heterocycles. The fourth-order valence-corrected chi connectivity index (χ4v) is 11.0. The van der Waals surface area contributed by atoms with Gasteiger partial charge in [0.25, 0.3) is 0 Å². The van der Waals surface area contributed by atoms with Crippen LogP contribution in [-0.4, -0.2) is 209 Å². The molecule has 5 rings (SSSR count). The van der Waals surface area contributed by atoms with Gasteiger partial charge in [-0.3, -0.25) is 4.79 Å². The molecule has 0 radical (unpaired) electrons. The summed E-state index contributed by atoms with van der Waals surface area (Å²) >= 11 is 0. The molecule has 7 unspecified atom stereocenters. The predicted molar refractivity (Wildman–Crippen MR) is 322 cm³/mol. The zero-order valence-corrected chi connectivity index (χ0v) is 55.3. The average molecular weight is 1280 g/mol. The third-order valence-electron chi connectivity index (χ3n) is 15.0. The van der Waals surface area contributed by atoms with Crippen molar-refractivity contribution in [2.75, 3.05) is 68.1 Å². The minimum absolute atomic E-state index is 0.0500. The molecule has 2 saturated heterocycles. The third-order valence-corrected chi connectivity index (χ3v) is 15.0. The normalized spacial score (nSPS) is 26.8. The zero-order valence-electron chi connectivity index (χ0n) is 55.3. The molecule has 1 aromatic rings. The number of cyclic esters (lactones) is 1. The number of rotatable bonds is 26. The van der Waals surface area contributed by atoms with E-state index in [0.29, 0.717) is 41.0 Å². The van der Waals surface area contributed by atoms with Gasteiger partial charge in [0.1, 0.15) is 77.1 Å². The topological polar surface area (TPSA) is 352 Å². The number of allylic oxidation sites excluding steroid dienone is 3. The third kappa shape index (κ3) is 22.1. The lowest BCUT2D eigenvalue weighted by atomic mass is 9.83. The van der Waals surface area contributed by atoms with Crippen molar-refractivity contribution in [2.45, 2.75) is 225 Å². The number of hydrogen-bond acceptors (Lipinski definition) is 24. The number of alkyl carbamates (subject to hydrolysis) is 4. The number of carbonyl (C=O) groups is 6. The van der Waals surface area contributed by atoms with E-state index in [2.05, 4.69) is 26.6 Å². The molecule has 3 heterocycles. The first-order chi connectivity index (χ1) is 42.1. The number of amides is 4. The van der Waals surface area contributed by atoms with Gasteiger partial charge >= 0.3 is 36.3 Å². The average Bonchev–Trinajstić information content (AvgIpc) is 1.40. The van der Waals surface area contributed by atoms with E-state index >= 15 is 0 Å². The number of fused-ring (bicyclic) bond motifs is 1.